The molecular weight excluding hydrogens is 326 g/mol. The Bertz CT molecular complexity index is 512. The maximum atomic E-state index is 12.1. The predicted octanol–water partition coefficient (Wildman–Crippen LogP) is 3.79. The average Bonchev–Trinajstić information content (AvgIpc) is 2.76. The topological polar surface area (TPSA) is 46.2 Å². The molecule has 0 atom stereocenters. The second-order valence-electron chi connectivity index (χ2n) is 4.18. The first-order valence-corrected chi connectivity index (χ1v) is 8.17. The molecule has 0 aliphatic heterocycles. The Labute approximate surface area is 115 Å². The third-order valence-electron chi connectivity index (χ3n) is 2.92. The van der Waals surface area contributed by atoms with Gasteiger partial charge in [-0.2, -0.15) is 0 Å². The Balaban J connectivity index is 2.19. The molecule has 1 aliphatic carbocycles. The highest BCUT2D eigenvalue weighted by molar-refractivity contribution is 9.10. The number of hydrogen-bond donors (Lipinski definition) is 1. The van der Waals surface area contributed by atoms with E-state index in [0.29, 0.717) is 15.2 Å². The van der Waals surface area contributed by atoms with E-state index < -0.39 is 10.0 Å². The molecule has 0 amide bonds. The van der Waals surface area contributed by atoms with Crippen molar-refractivity contribution in [2.24, 2.45) is 0 Å². The maximum absolute atomic E-state index is 12.1. The zero-order valence-electron chi connectivity index (χ0n) is 9.12. The highest BCUT2D eigenvalue weighted by atomic mass is 79.9. The van der Waals surface area contributed by atoms with Crippen LogP contribution in [-0.2, 0) is 10.0 Å². The van der Waals surface area contributed by atoms with Gasteiger partial charge in [0.25, 0.3) is 0 Å². The smallest absolute Gasteiger partial charge is 0.235 e. The van der Waals surface area contributed by atoms with Crippen LogP contribution in [-0.4, -0.2) is 13.7 Å². The summed E-state index contributed by atoms with van der Waals surface area (Å²) in [6, 6.07) is 5.01. The molecule has 0 aromatic heterocycles. The average molecular weight is 339 g/mol. The second kappa shape index (κ2) is 5.16. The summed E-state index contributed by atoms with van der Waals surface area (Å²) < 4.78 is 27.4. The number of benzene rings is 1. The van der Waals surface area contributed by atoms with Crippen molar-refractivity contribution >= 4 is 43.2 Å². The molecule has 1 aromatic rings. The van der Waals surface area contributed by atoms with Crippen molar-refractivity contribution in [1.82, 2.24) is 0 Å². The first-order valence-electron chi connectivity index (χ1n) is 5.46. The summed E-state index contributed by atoms with van der Waals surface area (Å²) in [5, 5.41) is 0.311. The van der Waals surface area contributed by atoms with Gasteiger partial charge in [-0.15, -0.1) is 0 Å². The number of sulfonamides is 1. The maximum Gasteiger partial charge on any atom is 0.235 e. The Morgan fingerprint density at radius 2 is 1.94 bits per heavy atom. The molecule has 0 unspecified atom stereocenters. The summed E-state index contributed by atoms with van der Waals surface area (Å²) in [6.45, 7) is 0. The van der Waals surface area contributed by atoms with E-state index in [1.807, 2.05) is 0 Å². The standard InChI is InChI=1S/C11H13BrClNO2S/c12-10-7-8(13)5-6-11(10)14-17(15,16)9-3-1-2-4-9/h5-7,9,14H,1-4H2. The van der Waals surface area contributed by atoms with Crippen molar-refractivity contribution in [3.05, 3.63) is 27.7 Å². The van der Waals surface area contributed by atoms with E-state index in [4.69, 9.17) is 11.6 Å². The minimum absolute atomic E-state index is 0.259. The normalized spacial score (nSPS) is 17.3. The van der Waals surface area contributed by atoms with Gasteiger partial charge >= 0.3 is 0 Å². The summed E-state index contributed by atoms with van der Waals surface area (Å²) in [7, 11) is -3.27. The lowest BCUT2D eigenvalue weighted by atomic mass is 10.3. The summed E-state index contributed by atoms with van der Waals surface area (Å²) in [4.78, 5) is 0. The molecule has 2 rings (SSSR count). The summed E-state index contributed by atoms with van der Waals surface area (Å²) in [6.07, 6.45) is 3.49. The molecule has 1 N–H and O–H groups in total. The quantitative estimate of drug-likeness (QED) is 0.911. The first-order chi connectivity index (χ1) is 7.99. The van der Waals surface area contributed by atoms with Gasteiger partial charge in [-0.1, -0.05) is 24.4 Å². The predicted molar refractivity (Wildman–Crippen MR) is 74.0 cm³/mol. The monoisotopic (exact) mass is 337 g/mol. The Kier molecular flexibility index (Phi) is 4.00. The molecule has 94 valence electrons. The van der Waals surface area contributed by atoms with Crippen LogP contribution < -0.4 is 4.72 Å². The van der Waals surface area contributed by atoms with Gasteiger partial charge in [0.05, 0.1) is 10.9 Å². The molecule has 6 heteroatoms. The molecular formula is C11H13BrClNO2S. The van der Waals surface area contributed by atoms with Gasteiger partial charge in [-0.25, -0.2) is 8.42 Å². The van der Waals surface area contributed by atoms with E-state index in [1.165, 1.54) is 0 Å². The molecule has 3 nitrogen and oxygen atoms in total. The molecule has 17 heavy (non-hydrogen) atoms. The zero-order chi connectivity index (χ0) is 12.5. The minimum atomic E-state index is -3.27. The van der Waals surface area contributed by atoms with Gasteiger partial charge in [0.1, 0.15) is 0 Å². The second-order valence-corrected chi connectivity index (χ2v) is 7.43. The molecule has 1 fully saturated rings. The molecule has 1 aromatic carbocycles. The van der Waals surface area contributed by atoms with Crippen LogP contribution in [0.5, 0.6) is 0 Å². The fraction of sp³-hybridized carbons (Fsp3) is 0.455. The van der Waals surface area contributed by atoms with Crippen LogP contribution in [0.25, 0.3) is 0 Å². The highest BCUT2D eigenvalue weighted by Gasteiger charge is 2.28. The summed E-state index contributed by atoms with van der Waals surface area (Å²) in [5.41, 5.74) is 0.543. The van der Waals surface area contributed by atoms with Crippen molar-refractivity contribution in [2.45, 2.75) is 30.9 Å². The van der Waals surface area contributed by atoms with Crippen molar-refractivity contribution in [2.75, 3.05) is 4.72 Å². The van der Waals surface area contributed by atoms with E-state index in [2.05, 4.69) is 20.7 Å². The Morgan fingerprint density at radius 3 is 2.53 bits per heavy atom. The molecule has 1 saturated carbocycles. The van der Waals surface area contributed by atoms with E-state index in [0.717, 1.165) is 25.7 Å². The van der Waals surface area contributed by atoms with Crippen molar-refractivity contribution in [3.63, 3.8) is 0 Å². The number of halogens is 2. The molecule has 0 saturated heterocycles. The largest absolute Gasteiger partial charge is 0.282 e. The first kappa shape index (κ1) is 13.2. The number of anilines is 1. The third-order valence-corrected chi connectivity index (χ3v) is 5.67. The van der Waals surface area contributed by atoms with Gasteiger partial charge in [0, 0.05) is 9.50 Å². The lowest BCUT2D eigenvalue weighted by Crippen LogP contribution is -2.25. The van der Waals surface area contributed by atoms with Crippen LogP contribution in [0.4, 0.5) is 5.69 Å². The summed E-state index contributed by atoms with van der Waals surface area (Å²) >= 11 is 9.11. The van der Waals surface area contributed by atoms with Crippen molar-refractivity contribution in [1.29, 1.82) is 0 Å². The van der Waals surface area contributed by atoms with E-state index in [-0.39, 0.29) is 5.25 Å². The van der Waals surface area contributed by atoms with Crippen molar-refractivity contribution in [3.8, 4) is 0 Å². The van der Waals surface area contributed by atoms with Crippen molar-refractivity contribution < 1.29 is 8.42 Å². The van der Waals surface area contributed by atoms with Gasteiger partial charge in [-0.05, 0) is 47.0 Å². The highest BCUT2D eigenvalue weighted by Crippen LogP contribution is 2.30. The number of hydrogen-bond acceptors (Lipinski definition) is 2. The summed E-state index contributed by atoms with van der Waals surface area (Å²) in [5.74, 6) is 0. The van der Waals surface area contributed by atoms with Gasteiger partial charge in [0.2, 0.25) is 10.0 Å². The van der Waals surface area contributed by atoms with E-state index >= 15 is 0 Å². The van der Waals surface area contributed by atoms with Crippen LogP contribution in [0, 0.1) is 0 Å². The molecule has 0 bridgehead atoms. The van der Waals surface area contributed by atoms with E-state index in [1.54, 1.807) is 18.2 Å². The van der Waals surface area contributed by atoms with Crippen LogP contribution in [0.3, 0.4) is 0 Å². The molecule has 0 radical (unpaired) electrons. The SMILES string of the molecule is O=S(=O)(Nc1ccc(Cl)cc1Br)C1CCCC1. The molecule has 1 aliphatic rings. The fourth-order valence-corrected chi connectivity index (χ4v) is 4.53. The number of rotatable bonds is 3. The van der Waals surface area contributed by atoms with Crippen LogP contribution in [0.2, 0.25) is 5.02 Å². The number of nitrogens with one attached hydrogen (secondary N) is 1. The lowest BCUT2D eigenvalue weighted by molar-refractivity contribution is 0.585. The van der Waals surface area contributed by atoms with Crippen LogP contribution in [0.1, 0.15) is 25.7 Å². The van der Waals surface area contributed by atoms with Gasteiger partial charge in [0.15, 0.2) is 0 Å². The van der Waals surface area contributed by atoms with Crippen LogP contribution >= 0.6 is 27.5 Å². The molecule has 0 spiro atoms. The van der Waals surface area contributed by atoms with Crippen LogP contribution in [0.15, 0.2) is 22.7 Å². The Morgan fingerprint density at radius 1 is 1.29 bits per heavy atom. The fourth-order valence-electron chi connectivity index (χ4n) is 2.01. The molecule has 0 heterocycles. The zero-order valence-corrected chi connectivity index (χ0v) is 12.3. The lowest BCUT2D eigenvalue weighted by Gasteiger charge is -2.14. The Hall–Kier alpha value is -0.260. The van der Waals surface area contributed by atoms with E-state index in [9.17, 15) is 8.42 Å². The third kappa shape index (κ3) is 3.14. The minimum Gasteiger partial charge on any atom is -0.282 e. The van der Waals surface area contributed by atoms with Gasteiger partial charge in [-0.3, -0.25) is 4.72 Å². The van der Waals surface area contributed by atoms with Gasteiger partial charge < -0.3 is 0 Å².